The Hall–Kier alpha value is -1.42. The van der Waals surface area contributed by atoms with Crippen LogP contribution in [-0.4, -0.2) is 25.5 Å². The van der Waals surface area contributed by atoms with Crippen LogP contribution in [0.4, 0.5) is 4.39 Å². The summed E-state index contributed by atoms with van der Waals surface area (Å²) in [5.74, 6) is 0.0312. The Balaban J connectivity index is 1.79. The maximum atomic E-state index is 12.9. The fourth-order valence-electron chi connectivity index (χ4n) is 1.88. The van der Waals surface area contributed by atoms with Crippen LogP contribution >= 0.6 is 0 Å². The monoisotopic (exact) mass is 236 g/mol. The van der Waals surface area contributed by atoms with E-state index in [0.717, 1.165) is 30.6 Å². The number of carbonyl (C=O) groups is 1. The highest BCUT2D eigenvalue weighted by Gasteiger charge is 2.24. The van der Waals surface area contributed by atoms with Crippen LogP contribution in [0.5, 0.6) is 0 Å². The number of hydrogen-bond acceptors (Lipinski definition) is 2. The molecule has 4 heteroatoms. The third-order valence-electron chi connectivity index (χ3n) is 3.15. The lowest BCUT2D eigenvalue weighted by Gasteiger charge is -2.25. The van der Waals surface area contributed by atoms with E-state index in [9.17, 15) is 9.18 Å². The topological polar surface area (TPSA) is 41.1 Å². The van der Waals surface area contributed by atoms with Crippen LogP contribution in [0, 0.1) is 18.7 Å². The lowest BCUT2D eigenvalue weighted by Crippen LogP contribution is -2.51. The number of halogens is 1. The van der Waals surface area contributed by atoms with Gasteiger partial charge >= 0.3 is 0 Å². The predicted octanol–water partition coefficient (Wildman–Crippen LogP) is 1.01. The van der Waals surface area contributed by atoms with E-state index in [-0.39, 0.29) is 17.6 Å². The Labute approximate surface area is 100 Å². The fourth-order valence-corrected chi connectivity index (χ4v) is 1.88. The molecule has 0 saturated carbocycles. The predicted molar refractivity (Wildman–Crippen MR) is 64.2 cm³/mol. The molecule has 1 aromatic rings. The zero-order valence-electron chi connectivity index (χ0n) is 9.92. The highest BCUT2D eigenvalue weighted by Crippen LogP contribution is 2.10. The Morgan fingerprint density at radius 1 is 1.53 bits per heavy atom. The Bertz CT molecular complexity index is 416. The van der Waals surface area contributed by atoms with Crippen molar-refractivity contribution in [2.24, 2.45) is 5.92 Å². The number of nitrogens with one attached hydrogen (secondary N) is 2. The number of carbonyl (C=O) groups excluding carboxylic acids is 1. The molecule has 0 spiro atoms. The zero-order chi connectivity index (χ0) is 12.3. The summed E-state index contributed by atoms with van der Waals surface area (Å²) in [7, 11) is 0. The number of hydrogen-bond donors (Lipinski definition) is 2. The molecule has 92 valence electrons. The molecule has 0 bridgehead atoms. The highest BCUT2D eigenvalue weighted by molar-refractivity contribution is 5.79. The van der Waals surface area contributed by atoms with Gasteiger partial charge in [0.1, 0.15) is 5.82 Å². The van der Waals surface area contributed by atoms with Gasteiger partial charge in [0.25, 0.3) is 0 Å². The lowest BCUT2D eigenvalue weighted by molar-refractivity contribution is -0.126. The summed E-state index contributed by atoms with van der Waals surface area (Å²) in [5, 5.41) is 5.97. The van der Waals surface area contributed by atoms with Gasteiger partial charge in [-0.1, -0.05) is 6.07 Å². The van der Waals surface area contributed by atoms with Crippen molar-refractivity contribution >= 4 is 5.91 Å². The molecule has 0 radical (unpaired) electrons. The first-order valence-corrected chi connectivity index (χ1v) is 5.90. The fraction of sp³-hybridized carbons (Fsp3) is 0.462. The maximum absolute atomic E-state index is 12.9. The Morgan fingerprint density at radius 2 is 2.29 bits per heavy atom. The molecule has 1 saturated heterocycles. The first kappa shape index (κ1) is 12.0. The third kappa shape index (κ3) is 3.03. The SMILES string of the molecule is Cc1cc(F)ccc1CCNC(=O)C1CNC1. The Kier molecular flexibility index (Phi) is 3.74. The molecule has 0 atom stereocenters. The van der Waals surface area contributed by atoms with Crippen LogP contribution < -0.4 is 10.6 Å². The molecule has 1 heterocycles. The summed E-state index contributed by atoms with van der Waals surface area (Å²) in [6.07, 6.45) is 0.748. The van der Waals surface area contributed by atoms with Gasteiger partial charge in [0.2, 0.25) is 5.91 Å². The van der Waals surface area contributed by atoms with Crippen LogP contribution in [-0.2, 0) is 11.2 Å². The molecular weight excluding hydrogens is 219 g/mol. The number of benzene rings is 1. The minimum Gasteiger partial charge on any atom is -0.355 e. The number of amides is 1. The van der Waals surface area contributed by atoms with E-state index >= 15 is 0 Å². The van der Waals surface area contributed by atoms with Gasteiger partial charge in [-0.25, -0.2) is 4.39 Å². The average Bonchev–Trinajstić information content (AvgIpc) is 2.18. The Morgan fingerprint density at radius 3 is 2.88 bits per heavy atom. The van der Waals surface area contributed by atoms with E-state index in [1.165, 1.54) is 12.1 Å². The molecule has 1 fully saturated rings. The molecule has 0 aromatic heterocycles. The van der Waals surface area contributed by atoms with Crippen molar-refractivity contribution in [3.8, 4) is 0 Å². The van der Waals surface area contributed by atoms with Crippen LogP contribution in [0.1, 0.15) is 11.1 Å². The second-order valence-electron chi connectivity index (χ2n) is 4.47. The lowest BCUT2D eigenvalue weighted by atomic mass is 10.0. The molecule has 17 heavy (non-hydrogen) atoms. The maximum Gasteiger partial charge on any atom is 0.225 e. The molecule has 1 aliphatic heterocycles. The molecule has 1 aliphatic rings. The van der Waals surface area contributed by atoms with E-state index in [1.807, 2.05) is 6.92 Å². The standard InChI is InChI=1S/C13H17FN2O/c1-9-6-12(14)3-2-10(9)4-5-16-13(17)11-7-15-8-11/h2-3,6,11,15H,4-5,7-8H2,1H3,(H,16,17). The molecule has 0 unspecified atom stereocenters. The van der Waals surface area contributed by atoms with E-state index in [2.05, 4.69) is 10.6 Å². The van der Waals surface area contributed by atoms with E-state index in [4.69, 9.17) is 0 Å². The van der Waals surface area contributed by atoms with Crippen molar-refractivity contribution in [1.82, 2.24) is 10.6 Å². The van der Waals surface area contributed by atoms with Crippen molar-refractivity contribution < 1.29 is 9.18 Å². The highest BCUT2D eigenvalue weighted by atomic mass is 19.1. The third-order valence-corrected chi connectivity index (χ3v) is 3.15. The first-order chi connectivity index (χ1) is 8.16. The van der Waals surface area contributed by atoms with Crippen LogP contribution in [0.3, 0.4) is 0 Å². The molecule has 2 N–H and O–H groups in total. The van der Waals surface area contributed by atoms with Gasteiger partial charge in [-0.3, -0.25) is 4.79 Å². The van der Waals surface area contributed by atoms with Gasteiger partial charge in [0.05, 0.1) is 5.92 Å². The quantitative estimate of drug-likeness (QED) is 0.819. The molecule has 0 aliphatic carbocycles. The van der Waals surface area contributed by atoms with Crippen molar-refractivity contribution in [2.45, 2.75) is 13.3 Å². The first-order valence-electron chi connectivity index (χ1n) is 5.90. The second-order valence-corrected chi connectivity index (χ2v) is 4.47. The van der Waals surface area contributed by atoms with Crippen molar-refractivity contribution in [1.29, 1.82) is 0 Å². The molecule has 3 nitrogen and oxygen atoms in total. The van der Waals surface area contributed by atoms with Gasteiger partial charge < -0.3 is 10.6 Å². The van der Waals surface area contributed by atoms with Crippen molar-refractivity contribution in [2.75, 3.05) is 19.6 Å². The van der Waals surface area contributed by atoms with Gasteiger partial charge in [-0.2, -0.15) is 0 Å². The van der Waals surface area contributed by atoms with Crippen LogP contribution in [0.25, 0.3) is 0 Å². The van der Waals surface area contributed by atoms with Crippen molar-refractivity contribution in [3.05, 3.63) is 35.1 Å². The van der Waals surface area contributed by atoms with Gasteiger partial charge in [-0.15, -0.1) is 0 Å². The van der Waals surface area contributed by atoms with Crippen molar-refractivity contribution in [3.63, 3.8) is 0 Å². The molecule has 1 aromatic carbocycles. The second kappa shape index (κ2) is 5.27. The van der Waals surface area contributed by atoms with Gasteiger partial charge in [-0.05, 0) is 36.6 Å². The number of rotatable bonds is 4. The van der Waals surface area contributed by atoms with Gasteiger partial charge in [0.15, 0.2) is 0 Å². The minimum absolute atomic E-state index is 0.114. The van der Waals surface area contributed by atoms with E-state index in [0.29, 0.717) is 6.54 Å². The summed E-state index contributed by atoms with van der Waals surface area (Å²) in [4.78, 5) is 11.5. The van der Waals surface area contributed by atoms with Crippen LogP contribution in [0.15, 0.2) is 18.2 Å². The summed E-state index contributed by atoms with van der Waals surface area (Å²) >= 11 is 0. The largest absolute Gasteiger partial charge is 0.355 e. The summed E-state index contributed by atoms with van der Waals surface area (Å²) < 4.78 is 12.9. The van der Waals surface area contributed by atoms with E-state index in [1.54, 1.807) is 6.07 Å². The van der Waals surface area contributed by atoms with Crippen LogP contribution in [0.2, 0.25) is 0 Å². The summed E-state index contributed by atoms with van der Waals surface area (Å²) in [6, 6.07) is 4.76. The molecular formula is C13H17FN2O. The molecule has 1 amide bonds. The van der Waals surface area contributed by atoms with E-state index < -0.39 is 0 Å². The zero-order valence-corrected chi connectivity index (χ0v) is 9.92. The smallest absolute Gasteiger partial charge is 0.225 e. The van der Waals surface area contributed by atoms with Gasteiger partial charge in [0, 0.05) is 19.6 Å². The normalized spacial score (nSPS) is 15.4. The number of aryl methyl sites for hydroxylation is 1. The molecule has 2 rings (SSSR count). The minimum atomic E-state index is -0.212. The average molecular weight is 236 g/mol. The summed E-state index contributed by atoms with van der Waals surface area (Å²) in [6.45, 7) is 4.06. The summed E-state index contributed by atoms with van der Waals surface area (Å²) in [5.41, 5.74) is 2.02.